The third-order valence-electron chi connectivity index (χ3n) is 6.54. The number of para-hydroxylation sites is 4. The Labute approximate surface area is 177 Å². The van der Waals surface area contributed by atoms with Gasteiger partial charge in [-0.1, -0.05) is 24.3 Å². The van der Waals surface area contributed by atoms with Gasteiger partial charge in [-0.15, -0.1) is 0 Å². The maximum atomic E-state index is 4.89. The number of benzene rings is 2. The van der Waals surface area contributed by atoms with Crippen molar-refractivity contribution in [2.45, 2.75) is 32.0 Å². The monoisotopic (exact) mass is 402 g/mol. The number of likely N-dealkylation sites (tertiary alicyclic amines) is 1. The highest BCUT2D eigenvalue weighted by Crippen LogP contribution is 2.23. The Morgan fingerprint density at radius 1 is 0.900 bits per heavy atom. The molecule has 156 valence electrons. The molecule has 0 saturated carbocycles. The minimum atomic E-state index is 0.560. The van der Waals surface area contributed by atoms with Crippen molar-refractivity contribution < 1.29 is 0 Å². The molecule has 0 radical (unpaired) electrons. The van der Waals surface area contributed by atoms with E-state index in [0.717, 1.165) is 48.9 Å². The summed E-state index contributed by atoms with van der Waals surface area (Å²) in [5, 5.41) is 0. The number of hydrogen-bond donors (Lipinski definition) is 0. The second-order valence-electron chi connectivity index (χ2n) is 8.61. The van der Waals surface area contributed by atoms with E-state index in [1.54, 1.807) is 0 Å². The molecule has 1 fully saturated rings. The normalized spacial score (nSPS) is 17.7. The molecule has 1 atom stereocenters. The van der Waals surface area contributed by atoms with Crippen LogP contribution in [0.4, 0.5) is 0 Å². The number of rotatable bonds is 6. The number of likely N-dealkylation sites (N-methyl/N-ethyl adjacent to an activating group) is 1. The lowest BCUT2D eigenvalue weighted by Crippen LogP contribution is -2.39. The third-order valence-corrected chi connectivity index (χ3v) is 6.54. The average molecular weight is 403 g/mol. The van der Waals surface area contributed by atoms with E-state index in [-0.39, 0.29) is 0 Å². The summed E-state index contributed by atoms with van der Waals surface area (Å²) in [6, 6.07) is 17.3. The molecule has 0 unspecified atom stereocenters. The van der Waals surface area contributed by atoms with Crippen LogP contribution >= 0.6 is 0 Å². The van der Waals surface area contributed by atoms with Crippen molar-refractivity contribution in [1.82, 2.24) is 28.9 Å². The van der Waals surface area contributed by atoms with Crippen molar-refractivity contribution in [2.75, 3.05) is 20.1 Å². The lowest BCUT2D eigenvalue weighted by Gasteiger charge is -2.28. The van der Waals surface area contributed by atoms with Gasteiger partial charge in [0.15, 0.2) is 0 Å². The van der Waals surface area contributed by atoms with Crippen LogP contribution < -0.4 is 0 Å². The highest BCUT2D eigenvalue weighted by atomic mass is 15.3. The molecule has 2 aromatic carbocycles. The largest absolute Gasteiger partial charge is 0.330 e. The van der Waals surface area contributed by atoms with E-state index in [1.807, 2.05) is 0 Å². The van der Waals surface area contributed by atoms with Gasteiger partial charge in [0.1, 0.15) is 11.6 Å². The van der Waals surface area contributed by atoms with Crippen LogP contribution in [0.25, 0.3) is 22.1 Å². The van der Waals surface area contributed by atoms with Crippen LogP contribution in [0.3, 0.4) is 0 Å². The molecule has 5 rings (SSSR count). The highest BCUT2D eigenvalue weighted by Gasteiger charge is 2.27. The van der Waals surface area contributed by atoms with Crippen LogP contribution in [0.1, 0.15) is 24.5 Å². The average Bonchev–Trinajstić information content (AvgIpc) is 3.41. The van der Waals surface area contributed by atoms with Gasteiger partial charge in [0, 0.05) is 26.7 Å². The van der Waals surface area contributed by atoms with Crippen molar-refractivity contribution in [2.24, 2.45) is 14.1 Å². The predicted molar refractivity (Wildman–Crippen MR) is 121 cm³/mol. The zero-order valence-electron chi connectivity index (χ0n) is 18.1. The molecule has 0 amide bonds. The fraction of sp³-hybridized carbons (Fsp3) is 0.417. The van der Waals surface area contributed by atoms with Crippen molar-refractivity contribution in [3.05, 3.63) is 60.2 Å². The van der Waals surface area contributed by atoms with Gasteiger partial charge in [-0.25, -0.2) is 9.97 Å². The smallest absolute Gasteiger partial charge is 0.123 e. The highest BCUT2D eigenvalue weighted by molar-refractivity contribution is 5.76. The van der Waals surface area contributed by atoms with Crippen LogP contribution in [0.5, 0.6) is 0 Å². The van der Waals surface area contributed by atoms with Gasteiger partial charge in [-0.3, -0.25) is 9.80 Å². The molecule has 0 aliphatic carbocycles. The summed E-state index contributed by atoms with van der Waals surface area (Å²) in [6.07, 6.45) is 2.51. The van der Waals surface area contributed by atoms with Crippen molar-refractivity contribution in [3.8, 4) is 0 Å². The maximum absolute atomic E-state index is 4.89. The van der Waals surface area contributed by atoms with Gasteiger partial charge >= 0.3 is 0 Å². The van der Waals surface area contributed by atoms with Gasteiger partial charge in [0.2, 0.25) is 0 Å². The first-order valence-electron chi connectivity index (χ1n) is 10.8. The fourth-order valence-electron chi connectivity index (χ4n) is 4.83. The van der Waals surface area contributed by atoms with Gasteiger partial charge in [-0.05, 0) is 50.7 Å². The van der Waals surface area contributed by atoms with Crippen molar-refractivity contribution in [1.29, 1.82) is 0 Å². The molecule has 1 aliphatic rings. The van der Waals surface area contributed by atoms with Crippen LogP contribution in [0, 0.1) is 0 Å². The number of fused-ring (bicyclic) bond motifs is 2. The van der Waals surface area contributed by atoms with E-state index < -0.39 is 0 Å². The summed E-state index contributed by atoms with van der Waals surface area (Å²) >= 11 is 0. The molecule has 0 spiro atoms. The molecule has 0 N–H and O–H groups in total. The molecule has 0 bridgehead atoms. The standard InChI is InChI=1S/C24H30N6/c1-27(16-23-25-19-10-4-6-12-21(19)28(23)2)15-18-9-8-14-30(18)17-24-26-20-11-5-7-13-22(20)29(24)3/h4-7,10-13,18H,8-9,14-17H2,1-3H3/t18-/m0/s1. The summed E-state index contributed by atoms with van der Waals surface area (Å²) in [5.41, 5.74) is 4.57. The van der Waals surface area contributed by atoms with Gasteiger partial charge < -0.3 is 9.13 Å². The van der Waals surface area contributed by atoms with Crippen molar-refractivity contribution in [3.63, 3.8) is 0 Å². The molecular weight excluding hydrogens is 372 g/mol. The Balaban J connectivity index is 1.27. The zero-order chi connectivity index (χ0) is 20.7. The van der Waals surface area contributed by atoms with Gasteiger partial charge in [0.25, 0.3) is 0 Å². The quantitative estimate of drug-likeness (QED) is 0.495. The molecule has 30 heavy (non-hydrogen) atoms. The van der Waals surface area contributed by atoms with Crippen LogP contribution in [0.2, 0.25) is 0 Å². The Morgan fingerprint density at radius 2 is 1.50 bits per heavy atom. The minimum Gasteiger partial charge on any atom is -0.330 e. The second kappa shape index (κ2) is 7.85. The third kappa shape index (κ3) is 3.50. The molecule has 3 heterocycles. The fourth-order valence-corrected chi connectivity index (χ4v) is 4.83. The van der Waals surface area contributed by atoms with E-state index in [2.05, 4.69) is 88.6 Å². The first kappa shape index (κ1) is 19.3. The number of aromatic nitrogens is 4. The Bertz CT molecular complexity index is 1170. The van der Waals surface area contributed by atoms with Crippen LogP contribution in [0.15, 0.2) is 48.5 Å². The van der Waals surface area contributed by atoms with Crippen LogP contribution in [-0.2, 0) is 27.2 Å². The number of imidazole rings is 2. The maximum Gasteiger partial charge on any atom is 0.123 e. The topological polar surface area (TPSA) is 42.1 Å². The second-order valence-corrected chi connectivity index (χ2v) is 8.61. The van der Waals surface area contributed by atoms with E-state index in [9.17, 15) is 0 Å². The molecule has 1 aliphatic heterocycles. The van der Waals surface area contributed by atoms with E-state index in [1.165, 1.54) is 23.9 Å². The summed E-state index contributed by atoms with van der Waals surface area (Å²) < 4.78 is 4.46. The molecule has 4 aromatic rings. The Morgan fingerprint density at radius 3 is 2.17 bits per heavy atom. The number of hydrogen-bond acceptors (Lipinski definition) is 4. The predicted octanol–water partition coefficient (Wildman–Crippen LogP) is 3.56. The van der Waals surface area contributed by atoms with Crippen molar-refractivity contribution >= 4 is 22.1 Å². The molecule has 2 aromatic heterocycles. The first-order chi connectivity index (χ1) is 14.6. The summed E-state index contributed by atoms with van der Waals surface area (Å²) in [4.78, 5) is 14.8. The van der Waals surface area contributed by atoms with Gasteiger partial charge in [-0.2, -0.15) is 0 Å². The van der Waals surface area contributed by atoms with E-state index in [0.29, 0.717) is 6.04 Å². The SMILES string of the molecule is CN(Cc1nc2ccccc2n1C)C[C@@H]1CCCN1Cc1nc2ccccc2n1C. The lowest BCUT2D eigenvalue weighted by atomic mass is 10.2. The van der Waals surface area contributed by atoms with Gasteiger partial charge in [0.05, 0.1) is 35.2 Å². The lowest BCUT2D eigenvalue weighted by molar-refractivity contribution is 0.176. The minimum absolute atomic E-state index is 0.560. The number of nitrogens with zero attached hydrogens (tertiary/aromatic N) is 6. The Hall–Kier alpha value is -2.70. The molecule has 1 saturated heterocycles. The van der Waals surface area contributed by atoms with E-state index in [4.69, 9.17) is 9.97 Å². The zero-order valence-corrected chi connectivity index (χ0v) is 18.1. The molecule has 6 heteroatoms. The molecular formula is C24H30N6. The number of aryl methyl sites for hydroxylation is 2. The first-order valence-corrected chi connectivity index (χ1v) is 10.8. The van der Waals surface area contributed by atoms with Crippen LogP contribution in [-0.4, -0.2) is 55.1 Å². The summed E-state index contributed by atoms with van der Waals surface area (Å²) in [5.74, 6) is 2.28. The summed E-state index contributed by atoms with van der Waals surface area (Å²) in [7, 11) is 6.46. The Kier molecular flexibility index (Phi) is 5.05. The molecule has 6 nitrogen and oxygen atoms in total. The summed E-state index contributed by atoms with van der Waals surface area (Å²) in [6.45, 7) is 3.97. The van der Waals surface area contributed by atoms with E-state index >= 15 is 0 Å².